The van der Waals surface area contributed by atoms with E-state index in [0.29, 0.717) is 30.1 Å². The van der Waals surface area contributed by atoms with Crippen LogP contribution in [0.5, 0.6) is 0 Å². The second kappa shape index (κ2) is 7.17. The van der Waals surface area contributed by atoms with E-state index in [9.17, 15) is 9.59 Å². The number of hydrogen-bond donors (Lipinski definition) is 2. The SMILES string of the molecule is CC(=O)Nc1cccc(C(=O)NCCc2ccc3oc(C)nc3c2)c1. The molecule has 0 aliphatic carbocycles. The van der Waals surface area contributed by atoms with Crippen LogP contribution in [-0.2, 0) is 11.2 Å². The number of nitrogens with one attached hydrogen (secondary N) is 2. The summed E-state index contributed by atoms with van der Waals surface area (Å²) in [5.41, 5.74) is 3.78. The molecule has 2 aromatic carbocycles. The lowest BCUT2D eigenvalue weighted by molar-refractivity contribution is -0.114. The molecule has 0 saturated heterocycles. The zero-order valence-electron chi connectivity index (χ0n) is 14.1. The van der Waals surface area contributed by atoms with Gasteiger partial charge in [-0.15, -0.1) is 0 Å². The van der Waals surface area contributed by atoms with Gasteiger partial charge in [-0.3, -0.25) is 9.59 Å². The van der Waals surface area contributed by atoms with E-state index in [-0.39, 0.29) is 11.8 Å². The largest absolute Gasteiger partial charge is 0.441 e. The van der Waals surface area contributed by atoms with Crippen molar-refractivity contribution in [3.05, 3.63) is 59.5 Å². The molecule has 0 bridgehead atoms. The highest BCUT2D eigenvalue weighted by Crippen LogP contribution is 2.17. The first-order valence-electron chi connectivity index (χ1n) is 8.03. The van der Waals surface area contributed by atoms with E-state index in [2.05, 4.69) is 15.6 Å². The van der Waals surface area contributed by atoms with Gasteiger partial charge < -0.3 is 15.1 Å². The van der Waals surface area contributed by atoms with Crippen LogP contribution in [0.1, 0.15) is 28.7 Å². The Morgan fingerprint density at radius 1 is 1.16 bits per heavy atom. The molecule has 3 aromatic rings. The minimum Gasteiger partial charge on any atom is -0.441 e. The van der Waals surface area contributed by atoms with Crippen molar-refractivity contribution in [1.29, 1.82) is 0 Å². The van der Waals surface area contributed by atoms with Gasteiger partial charge in [-0.1, -0.05) is 12.1 Å². The van der Waals surface area contributed by atoms with Crippen molar-refractivity contribution >= 4 is 28.6 Å². The Hall–Kier alpha value is -3.15. The number of oxazole rings is 1. The molecule has 2 amide bonds. The summed E-state index contributed by atoms with van der Waals surface area (Å²) in [6.45, 7) is 3.75. The molecule has 0 atom stereocenters. The van der Waals surface area contributed by atoms with Gasteiger partial charge in [0.05, 0.1) is 0 Å². The Morgan fingerprint density at radius 2 is 2.00 bits per heavy atom. The molecule has 2 N–H and O–H groups in total. The predicted molar refractivity (Wildman–Crippen MR) is 95.5 cm³/mol. The first-order valence-corrected chi connectivity index (χ1v) is 8.03. The van der Waals surface area contributed by atoms with Crippen LogP contribution in [0, 0.1) is 6.92 Å². The number of aromatic nitrogens is 1. The molecule has 0 aliphatic heterocycles. The predicted octanol–water partition coefficient (Wildman–Crippen LogP) is 3.07. The number of nitrogens with zero attached hydrogens (tertiary/aromatic N) is 1. The fourth-order valence-electron chi connectivity index (χ4n) is 2.61. The first-order chi connectivity index (χ1) is 12.0. The Morgan fingerprint density at radius 3 is 2.80 bits per heavy atom. The Balaban J connectivity index is 1.59. The van der Waals surface area contributed by atoms with Gasteiger partial charge in [0.15, 0.2) is 11.5 Å². The minimum atomic E-state index is -0.175. The third kappa shape index (κ3) is 4.23. The number of amides is 2. The maximum Gasteiger partial charge on any atom is 0.251 e. The minimum absolute atomic E-state index is 0.170. The molecule has 0 aliphatic rings. The van der Waals surface area contributed by atoms with E-state index >= 15 is 0 Å². The molecule has 6 nitrogen and oxygen atoms in total. The number of carbonyl (C=O) groups is 2. The van der Waals surface area contributed by atoms with Gasteiger partial charge in [-0.05, 0) is 42.3 Å². The summed E-state index contributed by atoms with van der Waals surface area (Å²) in [6, 6.07) is 12.7. The average molecular weight is 337 g/mol. The summed E-state index contributed by atoms with van der Waals surface area (Å²) in [7, 11) is 0. The lowest BCUT2D eigenvalue weighted by atomic mass is 10.1. The quantitative estimate of drug-likeness (QED) is 0.749. The van der Waals surface area contributed by atoms with Crippen molar-refractivity contribution in [2.45, 2.75) is 20.3 Å². The standard InChI is InChI=1S/C19H19N3O3/c1-12(23)21-16-5-3-4-15(11-16)19(24)20-9-8-14-6-7-18-17(10-14)22-13(2)25-18/h3-7,10-11H,8-9H2,1-2H3,(H,20,24)(H,21,23). The van der Waals surface area contributed by atoms with Crippen LogP contribution < -0.4 is 10.6 Å². The fourth-order valence-corrected chi connectivity index (χ4v) is 2.61. The summed E-state index contributed by atoms with van der Waals surface area (Å²) in [4.78, 5) is 27.6. The van der Waals surface area contributed by atoms with Crippen molar-refractivity contribution in [3.8, 4) is 0 Å². The van der Waals surface area contributed by atoms with E-state index in [0.717, 1.165) is 16.7 Å². The summed E-state index contributed by atoms with van der Waals surface area (Å²) in [5, 5.41) is 5.55. The van der Waals surface area contributed by atoms with E-state index in [1.54, 1.807) is 24.3 Å². The van der Waals surface area contributed by atoms with Gasteiger partial charge in [0, 0.05) is 31.6 Å². The summed E-state index contributed by atoms with van der Waals surface area (Å²) in [6.07, 6.45) is 0.693. The molecule has 6 heteroatoms. The van der Waals surface area contributed by atoms with E-state index in [1.165, 1.54) is 6.92 Å². The average Bonchev–Trinajstić information content (AvgIpc) is 2.93. The second-order valence-corrected chi connectivity index (χ2v) is 5.80. The Labute approximate surface area is 145 Å². The van der Waals surface area contributed by atoms with Gasteiger partial charge in [-0.2, -0.15) is 0 Å². The maximum atomic E-state index is 12.2. The van der Waals surface area contributed by atoms with E-state index in [1.807, 2.05) is 25.1 Å². The van der Waals surface area contributed by atoms with Crippen LogP contribution in [0.15, 0.2) is 46.9 Å². The van der Waals surface area contributed by atoms with E-state index < -0.39 is 0 Å². The van der Waals surface area contributed by atoms with Gasteiger partial charge in [0.1, 0.15) is 5.52 Å². The number of hydrogen-bond acceptors (Lipinski definition) is 4. The smallest absolute Gasteiger partial charge is 0.251 e. The topological polar surface area (TPSA) is 84.2 Å². The molecule has 25 heavy (non-hydrogen) atoms. The Bertz CT molecular complexity index is 931. The normalized spacial score (nSPS) is 10.6. The monoisotopic (exact) mass is 337 g/mol. The lowest BCUT2D eigenvalue weighted by Crippen LogP contribution is -2.25. The molecule has 1 heterocycles. The van der Waals surface area contributed by atoms with Crippen molar-refractivity contribution in [2.75, 3.05) is 11.9 Å². The van der Waals surface area contributed by atoms with Crippen molar-refractivity contribution in [3.63, 3.8) is 0 Å². The summed E-state index contributed by atoms with van der Waals surface area (Å²) >= 11 is 0. The molecular weight excluding hydrogens is 318 g/mol. The molecular formula is C19H19N3O3. The molecule has 3 rings (SSSR count). The molecule has 0 spiro atoms. The van der Waals surface area contributed by atoms with Crippen LogP contribution in [0.4, 0.5) is 5.69 Å². The number of benzene rings is 2. The summed E-state index contributed by atoms with van der Waals surface area (Å²) < 4.78 is 5.45. The molecule has 0 unspecified atom stereocenters. The molecule has 128 valence electrons. The zero-order chi connectivity index (χ0) is 17.8. The van der Waals surface area contributed by atoms with Gasteiger partial charge >= 0.3 is 0 Å². The lowest BCUT2D eigenvalue weighted by Gasteiger charge is -2.07. The fraction of sp³-hybridized carbons (Fsp3) is 0.211. The number of aryl methyl sites for hydroxylation is 1. The zero-order valence-corrected chi connectivity index (χ0v) is 14.1. The van der Waals surface area contributed by atoms with Crippen LogP contribution in [-0.4, -0.2) is 23.3 Å². The molecule has 0 saturated carbocycles. The molecule has 1 aromatic heterocycles. The second-order valence-electron chi connectivity index (χ2n) is 5.80. The van der Waals surface area contributed by atoms with Crippen molar-refractivity contribution < 1.29 is 14.0 Å². The number of fused-ring (bicyclic) bond motifs is 1. The summed E-state index contributed by atoms with van der Waals surface area (Å²) in [5.74, 6) is 0.293. The van der Waals surface area contributed by atoms with Crippen LogP contribution in [0.3, 0.4) is 0 Å². The maximum absolute atomic E-state index is 12.2. The first kappa shape index (κ1) is 16.7. The Kier molecular flexibility index (Phi) is 4.79. The van der Waals surface area contributed by atoms with Crippen molar-refractivity contribution in [1.82, 2.24) is 10.3 Å². The van der Waals surface area contributed by atoms with Crippen molar-refractivity contribution in [2.24, 2.45) is 0 Å². The van der Waals surface area contributed by atoms with Gasteiger partial charge in [0.2, 0.25) is 5.91 Å². The number of carbonyl (C=O) groups excluding carboxylic acids is 2. The number of anilines is 1. The highest BCUT2D eigenvalue weighted by atomic mass is 16.3. The van der Waals surface area contributed by atoms with Crippen LogP contribution in [0.25, 0.3) is 11.1 Å². The van der Waals surface area contributed by atoms with Gasteiger partial charge in [-0.25, -0.2) is 4.98 Å². The third-order valence-corrected chi connectivity index (χ3v) is 3.70. The third-order valence-electron chi connectivity index (χ3n) is 3.70. The highest BCUT2D eigenvalue weighted by Gasteiger charge is 2.07. The van der Waals surface area contributed by atoms with E-state index in [4.69, 9.17) is 4.42 Å². The van der Waals surface area contributed by atoms with Gasteiger partial charge in [0.25, 0.3) is 5.91 Å². The van der Waals surface area contributed by atoms with Crippen LogP contribution in [0.2, 0.25) is 0 Å². The highest BCUT2D eigenvalue weighted by molar-refractivity contribution is 5.96. The molecule has 0 fully saturated rings. The van der Waals surface area contributed by atoms with Crippen LogP contribution >= 0.6 is 0 Å². The number of rotatable bonds is 5. The molecule has 0 radical (unpaired) electrons.